The quantitative estimate of drug-likeness (QED) is 0.366. The first-order valence-electron chi connectivity index (χ1n) is 10.4. The number of hydrogen-bond donors (Lipinski definition) is 5. The van der Waals surface area contributed by atoms with Crippen LogP contribution in [0.25, 0.3) is 0 Å². The first-order valence-corrected chi connectivity index (χ1v) is 11.9. The first kappa shape index (κ1) is 30.7. The van der Waals surface area contributed by atoms with E-state index in [1.807, 2.05) is 14.1 Å². The Morgan fingerprint density at radius 1 is 1.08 bits per heavy atom. The Morgan fingerprint density at radius 2 is 1.61 bits per heavy atom. The van der Waals surface area contributed by atoms with Gasteiger partial charge in [-0.05, 0) is 63.0 Å². The average Bonchev–Trinajstić information content (AvgIpc) is 2.80. The van der Waals surface area contributed by atoms with Gasteiger partial charge in [-0.1, -0.05) is 12.1 Å². The lowest BCUT2D eigenvalue weighted by Gasteiger charge is -2.47. The first-order chi connectivity index (χ1) is 16.4. The van der Waals surface area contributed by atoms with E-state index in [0.29, 0.717) is 20.5 Å². The van der Waals surface area contributed by atoms with Gasteiger partial charge in [0.05, 0.1) is 10.9 Å². The number of carboxylic acids is 1. The van der Waals surface area contributed by atoms with Gasteiger partial charge in [0.15, 0.2) is 0 Å². The number of hydrogen-bond acceptors (Lipinski definition) is 8. The Balaban J connectivity index is 0.00000154. The van der Waals surface area contributed by atoms with Crippen LogP contribution in [0.1, 0.15) is 12.5 Å². The minimum absolute atomic E-state index is 0. The summed E-state index contributed by atoms with van der Waals surface area (Å²) in [7, 11) is -0.750. The largest absolute Gasteiger partial charge is 0.489 e. The number of rotatable bonds is 6. The smallest absolute Gasteiger partial charge is 0.407 e. The van der Waals surface area contributed by atoms with Gasteiger partial charge in [0.2, 0.25) is 10.0 Å². The molecular formula is C22H31FN4O8S. The molecule has 1 saturated heterocycles. The number of sulfonamides is 1. The van der Waals surface area contributed by atoms with Crippen molar-refractivity contribution < 1.29 is 42.5 Å². The maximum absolute atomic E-state index is 13.1. The minimum atomic E-state index is -4.50. The van der Waals surface area contributed by atoms with Gasteiger partial charge < -0.3 is 31.5 Å². The van der Waals surface area contributed by atoms with Crippen molar-refractivity contribution in [2.24, 2.45) is 0 Å². The Morgan fingerprint density at radius 3 is 2.08 bits per heavy atom. The number of nitrogens with one attached hydrogen (secondary N) is 1. The molecule has 1 fully saturated rings. The highest BCUT2D eigenvalue weighted by atomic mass is 32.2. The zero-order valence-electron chi connectivity index (χ0n) is 20.1. The van der Waals surface area contributed by atoms with Crippen LogP contribution in [0.15, 0.2) is 53.4 Å². The highest BCUT2D eigenvalue weighted by molar-refractivity contribution is 7.89. The number of aliphatic carboxylic acids is 1. The number of piperazine rings is 1. The molecule has 0 spiro atoms. The van der Waals surface area contributed by atoms with Crippen molar-refractivity contribution in [1.29, 1.82) is 0 Å². The van der Waals surface area contributed by atoms with E-state index in [0.717, 1.165) is 6.92 Å². The third-order valence-corrected chi connectivity index (χ3v) is 7.17. The molecule has 0 saturated carbocycles. The number of ether oxygens (including phenoxy) is 1. The molecule has 0 bridgehead atoms. The predicted molar refractivity (Wildman–Crippen MR) is 128 cm³/mol. The van der Waals surface area contributed by atoms with Crippen molar-refractivity contribution in [2.75, 3.05) is 27.2 Å². The van der Waals surface area contributed by atoms with E-state index in [9.17, 15) is 37.7 Å². The fourth-order valence-corrected chi connectivity index (χ4v) is 5.07. The van der Waals surface area contributed by atoms with Crippen LogP contribution in [-0.4, -0.2) is 84.0 Å². The van der Waals surface area contributed by atoms with Crippen molar-refractivity contribution in [3.8, 4) is 5.75 Å². The highest BCUT2D eigenvalue weighted by Gasteiger charge is 2.58. The molecule has 3 rings (SSSR count). The Hall–Kier alpha value is -3.30. The fourth-order valence-electron chi connectivity index (χ4n) is 3.42. The molecule has 1 amide bonds. The summed E-state index contributed by atoms with van der Waals surface area (Å²) in [5.74, 6) is -1.97. The van der Waals surface area contributed by atoms with Gasteiger partial charge >= 0.3 is 12.1 Å². The molecule has 2 aromatic rings. The van der Waals surface area contributed by atoms with Crippen molar-refractivity contribution in [3.05, 3.63) is 59.9 Å². The summed E-state index contributed by atoms with van der Waals surface area (Å²) in [5, 5.41) is 32.3. The molecule has 0 aliphatic carbocycles. The van der Waals surface area contributed by atoms with Crippen molar-refractivity contribution >= 4 is 22.1 Å². The van der Waals surface area contributed by atoms with Crippen LogP contribution < -0.4 is 16.2 Å². The summed E-state index contributed by atoms with van der Waals surface area (Å²) >= 11 is 0. The Labute approximate surface area is 208 Å². The Kier molecular flexibility index (Phi) is 10.8. The lowest BCUT2D eigenvalue weighted by molar-refractivity contribution is -0.191. The van der Waals surface area contributed by atoms with Gasteiger partial charge in [-0.15, -0.1) is 0 Å². The lowest BCUT2D eigenvalue weighted by atomic mass is 10.0. The molecule has 1 heterocycles. The molecule has 0 aromatic heterocycles. The maximum atomic E-state index is 13.1. The van der Waals surface area contributed by atoms with Crippen LogP contribution in [0.2, 0.25) is 0 Å². The number of aliphatic hydroxyl groups is 1. The number of carboxylic acid groups (broad SMARTS) is 2. The Bertz CT molecular complexity index is 1130. The second-order valence-corrected chi connectivity index (χ2v) is 9.51. The van der Waals surface area contributed by atoms with E-state index >= 15 is 0 Å². The summed E-state index contributed by atoms with van der Waals surface area (Å²) in [6.45, 7) is 0.366. The van der Waals surface area contributed by atoms with Gasteiger partial charge in [0.1, 0.15) is 18.2 Å². The zero-order chi connectivity index (χ0) is 26.4. The van der Waals surface area contributed by atoms with E-state index < -0.39 is 40.4 Å². The standard InChI is InChI=1S/C20H21FN2O8S.C2H7N.H3N/c1-13-20(28,18(24)25)23(11-10-22(13)19(26)27)32(29,30)17-8-6-16(7-9-17)31-12-14-2-4-15(21)5-3-14;1-3-2;/h2-9,13,28H,10-12H2,1H3,(H,24,25)(H,26,27);3H,1-2H3;1H3. The molecule has 14 heteroatoms. The molecule has 2 aromatic carbocycles. The van der Waals surface area contributed by atoms with E-state index in [1.165, 1.54) is 36.4 Å². The average molecular weight is 531 g/mol. The molecule has 12 nitrogen and oxygen atoms in total. The summed E-state index contributed by atoms with van der Waals surface area (Å²) < 4.78 is 45.1. The van der Waals surface area contributed by atoms with Crippen LogP contribution in [-0.2, 0) is 21.4 Å². The van der Waals surface area contributed by atoms with Crippen LogP contribution in [0.4, 0.5) is 9.18 Å². The molecule has 1 aliphatic heterocycles. The third-order valence-electron chi connectivity index (χ3n) is 5.27. The molecule has 2 unspecified atom stereocenters. The normalized spacial score (nSPS) is 19.9. The summed E-state index contributed by atoms with van der Waals surface area (Å²) in [5.41, 5.74) is -2.30. The van der Waals surface area contributed by atoms with Crippen LogP contribution in [0.5, 0.6) is 5.75 Å². The number of nitrogens with zero attached hydrogens (tertiary/aromatic N) is 2. The van der Waals surface area contributed by atoms with Crippen LogP contribution in [0, 0.1) is 5.82 Å². The summed E-state index contributed by atoms with van der Waals surface area (Å²) in [6.07, 6.45) is -1.48. The second kappa shape index (κ2) is 12.6. The zero-order valence-corrected chi connectivity index (χ0v) is 20.9. The molecule has 1 aliphatic rings. The number of amides is 1. The van der Waals surface area contributed by atoms with E-state index in [-0.39, 0.29) is 30.0 Å². The van der Waals surface area contributed by atoms with Crippen LogP contribution in [0.3, 0.4) is 0 Å². The monoisotopic (exact) mass is 530 g/mol. The summed E-state index contributed by atoms with van der Waals surface area (Å²) in [4.78, 5) is 23.5. The van der Waals surface area contributed by atoms with E-state index in [1.54, 1.807) is 12.1 Å². The second-order valence-electron chi connectivity index (χ2n) is 7.65. The molecule has 0 radical (unpaired) electrons. The van der Waals surface area contributed by atoms with Crippen LogP contribution >= 0.6 is 0 Å². The molecular weight excluding hydrogens is 499 g/mol. The molecule has 2 atom stereocenters. The van der Waals surface area contributed by atoms with E-state index in [2.05, 4.69) is 5.32 Å². The molecule has 200 valence electrons. The van der Waals surface area contributed by atoms with Gasteiger partial charge in [0.25, 0.3) is 5.72 Å². The third kappa shape index (κ3) is 6.47. The van der Waals surface area contributed by atoms with Crippen molar-refractivity contribution in [3.63, 3.8) is 0 Å². The SMILES string of the molecule is CC1N(C(=O)O)CCN(S(=O)(=O)c2ccc(OCc3ccc(F)cc3)cc2)C1(O)C(=O)O.CNC.N. The topological polar surface area (TPSA) is 192 Å². The minimum Gasteiger partial charge on any atom is -0.489 e. The lowest BCUT2D eigenvalue weighted by Crippen LogP contribution is -2.72. The van der Waals surface area contributed by atoms with Gasteiger partial charge in [-0.3, -0.25) is 4.90 Å². The maximum Gasteiger partial charge on any atom is 0.407 e. The highest BCUT2D eigenvalue weighted by Crippen LogP contribution is 2.32. The number of benzene rings is 2. The predicted octanol–water partition coefficient (Wildman–Crippen LogP) is 1.55. The van der Waals surface area contributed by atoms with Gasteiger partial charge in [-0.25, -0.2) is 22.4 Å². The van der Waals surface area contributed by atoms with Crippen molar-refractivity contribution in [1.82, 2.24) is 20.7 Å². The molecule has 7 N–H and O–H groups in total. The van der Waals surface area contributed by atoms with Crippen molar-refractivity contribution in [2.45, 2.75) is 30.2 Å². The van der Waals surface area contributed by atoms with Gasteiger partial charge in [0, 0.05) is 13.1 Å². The van der Waals surface area contributed by atoms with E-state index in [4.69, 9.17) is 4.74 Å². The van der Waals surface area contributed by atoms with Gasteiger partial charge in [-0.2, -0.15) is 4.31 Å². The molecule has 36 heavy (non-hydrogen) atoms. The summed E-state index contributed by atoms with van der Waals surface area (Å²) in [6, 6.07) is 9.17. The fraction of sp³-hybridized carbons (Fsp3) is 0.364. The number of carbonyl (C=O) groups is 2. The number of halogens is 1.